The van der Waals surface area contributed by atoms with Crippen LogP contribution < -0.4 is 5.32 Å². The second-order valence-corrected chi connectivity index (χ2v) is 4.87. The smallest absolute Gasteiger partial charge is 0.128 e. The van der Waals surface area contributed by atoms with Gasteiger partial charge in [-0.1, -0.05) is 29.3 Å². The van der Waals surface area contributed by atoms with Gasteiger partial charge in [-0.05, 0) is 17.7 Å². The van der Waals surface area contributed by atoms with E-state index in [1.807, 2.05) is 12.1 Å². The number of rotatable bonds is 2. The Morgan fingerprint density at radius 3 is 2.78 bits per heavy atom. The predicted octanol–water partition coefficient (Wildman–Crippen LogP) is 2.88. The molecular weight excluding hydrogens is 296 g/mol. The first-order valence-corrected chi connectivity index (χ1v) is 6.23. The molecule has 0 bridgehead atoms. The number of methoxy groups -OCH3 is 1. The van der Waals surface area contributed by atoms with E-state index in [1.54, 1.807) is 13.2 Å². The van der Waals surface area contributed by atoms with Crippen molar-refractivity contribution in [2.24, 2.45) is 0 Å². The molecule has 0 saturated carbocycles. The molecule has 1 heterocycles. The molecular formula is C12H16Cl3NO2. The van der Waals surface area contributed by atoms with Crippen LogP contribution in [0.15, 0.2) is 18.2 Å². The zero-order valence-electron chi connectivity index (χ0n) is 10.0. The van der Waals surface area contributed by atoms with Crippen molar-refractivity contribution in [1.82, 2.24) is 5.32 Å². The molecule has 2 rings (SSSR count). The highest BCUT2D eigenvalue weighted by Gasteiger charge is 2.34. The summed E-state index contributed by atoms with van der Waals surface area (Å²) in [6, 6.07) is 5.54. The molecule has 1 aliphatic rings. The second-order valence-electron chi connectivity index (χ2n) is 4.06. The van der Waals surface area contributed by atoms with Gasteiger partial charge in [-0.3, -0.25) is 0 Å². The van der Waals surface area contributed by atoms with Crippen molar-refractivity contribution in [3.05, 3.63) is 33.8 Å². The Bertz CT molecular complexity index is 393. The standard InChI is InChI=1S/C12H15Cl2NO2.ClH/c1-16-12(7-15-4-5-17-8-12)9-2-3-10(13)11(14)6-9;/h2-3,6,15H,4-5,7-8H2,1H3;1H/t12-;/m0./s1. The highest BCUT2D eigenvalue weighted by molar-refractivity contribution is 6.42. The summed E-state index contributed by atoms with van der Waals surface area (Å²) in [5.41, 5.74) is 0.480. The maximum atomic E-state index is 6.04. The first-order valence-electron chi connectivity index (χ1n) is 5.47. The molecule has 1 aromatic rings. The van der Waals surface area contributed by atoms with Crippen LogP contribution in [-0.4, -0.2) is 33.4 Å². The Kier molecular flexibility index (Phi) is 6.18. The number of halogens is 3. The molecule has 1 atom stereocenters. The number of nitrogens with one attached hydrogen (secondary N) is 1. The lowest BCUT2D eigenvalue weighted by Crippen LogP contribution is -2.41. The van der Waals surface area contributed by atoms with Gasteiger partial charge in [0.05, 0.1) is 23.3 Å². The van der Waals surface area contributed by atoms with Crippen LogP contribution in [-0.2, 0) is 15.1 Å². The quantitative estimate of drug-likeness (QED) is 0.911. The van der Waals surface area contributed by atoms with Gasteiger partial charge in [0.2, 0.25) is 0 Å². The Balaban J connectivity index is 0.00000162. The molecule has 0 spiro atoms. The highest BCUT2D eigenvalue weighted by atomic mass is 35.5. The molecule has 102 valence electrons. The Labute approximate surface area is 123 Å². The van der Waals surface area contributed by atoms with Crippen molar-refractivity contribution in [2.75, 3.05) is 33.4 Å². The minimum absolute atomic E-state index is 0. The van der Waals surface area contributed by atoms with E-state index in [2.05, 4.69) is 5.32 Å². The molecule has 0 radical (unpaired) electrons. The van der Waals surface area contributed by atoms with E-state index in [0.717, 1.165) is 12.1 Å². The molecule has 0 amide bonds. The Morgan fingerprint density at radius 1 is 1.33 bits per heavy atom. The van der Waals surface area contributed by atoms with E-state index in [0.29, 0.717) is 29.8 Å². The fraction of sp³-hybridized carbons (Fsp3) is 0.500. The summed E-state index contributed by atoms with van der Waals surface area (Å²) in [6.07, 6.45) is 0. The minimum atomic E-state index is -0.495. The SMILES string of the molecule is CO[C@@]1(c2ccc(Cl)c(Cl)c2)CNCCOC1.Cl. The minimum Gasteiger partial charge on any atom is -0.377 e. The zero-order valence-corrected chi connectivity index (χ0v) is 12.4. The van der Waals surface area contributed by atoms with Gasteiger partial charge in [0.1, 0.15) is 5.60 Å². The fourth-order valence-electron chi connectivity index (χ4n) is 1.94. The summed E-state index contributed by atoms with van der Waals surface area (Å²) >= 11 is 12.0. The third-order valence-electron chi connectivity index (χ3n) is 3.01. The molecule has 1 saturated heterocycles. The van der Waals surface area contributed by atoms with Crippen molar-refractivity contribution in [3.8, 4) is 0 Å². The maximum Gasteiger partial charge on any atom is 0.128 e. The normalized spacial score (nSPS) is 24.2. The first kappa shape index (κ1) is 16.0. The monoisotopic (exact) mass is 311 g/mol. The van der Waals surface area contributed by atoms with Crippen molar-refractivity contribution >= 4 is 35.6 Å². The van der Waals surface area contributed by atoms with Crippen LogP contribution in [0.1, 0.15) is 5.56 Å². The number of hydrogen-bond acceptors (Lipinski definition) is 3. The molecule has 1 N–H and O–H groups in total. The van der Waals surface area contributed by atoms with E-state index < -0.39 is 5.60 Å². The van der Waals surface area contributed by atoms with Crippen LogP contribution in [0.2, 0.25) is 10.0 Å². The predicted molar refractivity (Wildman–Crippen MR) is 76.1 cm³/mol. The topological polar surface area (TPSA) is 30.5 Å². The van der Waals surface area contributed by atoms with Gasteiger partial charge in [0.25, 0.3) is 0 Å². The van der Waals surface area contributed by atoms with E-state index in [4.69, 9.17) is 32.7 Å². The molecule has 1 aliphatic heterocycles. The molecule has 3 nitrogen and oxygen atoms in total. The van der Waals surface area contributed by atoms with Crippen LogP contribution in [0.3, 0.4) is 0 Å². The van der Waals surface area contributed by atoms with Crippen molar-refractivity contribution in [3.63, 3.8) is 0 Å². The number of benzene rings is 1. The molecule has 0 aromatic heterocycles. The van der Waals surface area contributed by atoms with Gasteiger partial charge < -0.3 is 14.8 Å². The summed E-state index contributed by atoms with van der Waals surface area (Å²) < 4.78 is 11.2. The summed E-state index contributed by atoms with van der Waals surface area (Å²) in [7, 11) is 1.68. The van der Waals surface area contributed by atoms with Crippen molar-refractivity contribution in [1.29, 1.82) is 0 Å². The van der Waals surface area contributed by atoms with E-state index >= 15 is 0 Å². The number of ether oxygens (including phenoxy) is 2. The summed E-state index contributed by atoms with van der Waals surface area (Å²) in [6.45, 7) is 2.72. The molecule has 6 heteroatoms. The van der Waals surface area contributed by atoms with Gasteiger partial charge in [-0.25, -0.2) is 0 Å². The van der Waals surface area contributed by atoms with Crippen LogP contribution in [0.5, 0.6) is 0 Å². The Hall–Kier alpha value is -0.0300. The van der Waals surface area contributed by atoms with Gasteiger partial charge in [0, 0.05) is 20.2 Å². The highest BCUT2D eigenvalue weighted by Crippen LogP contribution is 2.31. The lowest BCUT2D eigenvalue weighted by Gasteiger charge is -2.31. The third kappa shape index (κ3) is 3.29. The van der Waals surface area contributed by atoms with Crippen LogP contribution in [0.25, 0.3) is 0 Å². The largest absolute Gasteiger partial charge is 0.377 e. The van der Waals surface area contributed by atoms with Crippen LogP contribution >= 0.6 is 35.6 Å². The van der Waals surface area contributed by atoms with Gasteiger partial charge in [-0.2, -0.15) is 0 Å². The molecule has 0 unspecified atom stereocenters. The molecule has 0 aliphatic carbocycles. The van der Waals surface area contributed by atoms with Crippen LogP contribution in [0, 0.1) is 0 Å². The van der Waals surface area contributed by atoms with Gasteiger partial charge in [0.15, 0.2) is 0 Å². The van der Waals surface area contributed by atoms with E-state index in [9.17, 15) is 0 Å². The third-order valence-corrected chi connectivity index (χ3v) is 3.74. The Morgan fingerprint density at radius 2 is 2.11 bits per heavy atom. The van der Waals surface area contributed by atoms with Gasteiger partial charge in [-0.15, -0.1) is 12.4 Å². The molecule has 1 aromatic carbocycles. The fourth-order valence-corrected chi connectivity index (χ4v) is 2.23. The van der Waals surface area contributed by atoms with Gasteiger partial charge >= 0.3 is 0 Å². The first-order chi connectivity index (χ1) is 8.18. The van der Waals surface area contributed by atoms with Crippen molar-refractivity contribution < 1.29 is 9.47 Å². The second kappa shape index (κ2) is 6.94. The zero-order chi connectivity index (χ0) is 12.3. The maximum absolute atomic E-state index is 6.04. The van der Waals surface area contributed by atoms with Crippen molar-refractivity contribution in [2.45, 2.75) is 5.60 Å². The molecule has 18 heavy (non-hydrogen) atoms. The lowest BCUT2D eigenvalue weighted by molar-refractivity contribution is -0.0645. The summed E-state index contributed by atoms with van der Waals surface area (Å²) in [4.78, 5) is 0. The van der Waals surface area contributed by atoms with E-state index in [1.165, 1.54) is 0 Å². The average molecular weight is 313 g/mol. The summed E-state index contributed by atoms with van der Waals surface area (Å²) in [5, 5.41) is 4.37. The van der Waals surface area contributed by atoms with E-state index in [-0.39, 0.29) is 12.4 Å². The summed E-state index contributed by atoms with van der Waals surface area (Å²) in [5.74, 6) is 0. The van der Waals surface area contributed by atoms with Crippen LogP contribution in [0.4, 0.5) is 0 Å². The lowest BCUT2D eigenvalue weighted by atomic mass is 9.94. The number of hydrogen-bond donors (Lipinski definition) is 1. The molecule has 1 fully saturated rings. The average Bonchev–Trinajstić information content (AvgIpc) is 2.59.